The van der Waals surface area contributed by atoms with E-state index in [0.29, 0.717) is 31.7 Å². The van der Waals surface area contributed by atoms with Gasteiger partial charge >= 0.3 is 6.09 Å². The molecule has 8 heteroatoms. The number of amides is 1. The molecule has 0 bridgehead atoms. The Morgan fingerprint density at radius 3 is 2.52 bits per heavy atom. The summed E-state index contributed by atoms with van der Waals surface area (Å²) in [6.45, 7) is 10.6. The summed E-state index contributed by atoms with van der Waals surface area (Å²) in [5, 5.41) is 5.49. The average molecular weight is 427 g/mol. The molecule has 0 saturated carbocycles. The Morgan fingerprint density at radius 1 is 1.16 bits per heavy atom. The minimum absolute atomic E-state index is 0.00139. The maximum Gasteiger partial charge on any atom is 0.410 e. The fourth-order valence-electron chi connectivity index (χ4n) is 4.10. The number of carbonyl (C=O) groups is 1. The third kappa shape index (κ3) is 4.24. The van der Waals surface area contributed by atoms with Gasteiger partial charge in [0.05, 0.1) is 17.0 Å². The first-order valence-electron chi connectivity index (χ1n) is 10.8. The lowest BCUT2D eigenvalue weighted by atomic mass is 10.0. The second-order valence-corrected chi connectivity index (χ2v) is 9.31. The molecule has 31 heavy (non-hydrogen) atoms. The Hall–Kier alpha value is -3.03. The molecular weight excluding hydrogens is 396 g/mol. The van der Waals surface area contributed by atoms with Gasteiger partial charge in [-0.2, -0.15) is 5.10 Å². The van der Waals surface area contributed by atoms with E-state index in [0.717, 1.165) is 16.6 Å². The number of carbonyl (C=O) groups excluding carboxylic acids is 1. The standard InChI is InChI=1S/C23H30N4O4/c1-15(2)30-18-8-6-7-17-20(18)21-26(24-17)14-11-19(28)27(21)16-9-12-25(13-10-16)22(29)31-23(3,4)5/h6-8,11,14-16H,9-10,12-13H2,1-5H3. The molecule has 3 heterocycles. The van der Waals surface area contributed by atoms with Crippen molar-refractivity contribution in [2.45, 2.75) is 65.2 Å². The fourth-order valence-corrected chi connectivity index (χ4v) is 4.10. The first-order valence-corrected chi connectivity index (χ1v) is 10.8. The van der Waals surface area contributed by atoms with E-state index >= 15 is 0 Å². The highest BCUT2D eigenvalue weighted by Gasteiger charge is 2.29. The smallest absolute Gasteiger partial charge is 0.410 e. The quantitative estimate of drug-likeness (QED) is 0.632. The molecule has 0 aliphatic carbocycles. The van der Waals surface area contributed by atoms with Gasteiger partial charge in [0.15, 0.2) is 5.65 Å². The van der Waals surface area contributed by atoms with Gasteiger partial charge in [-0.15, -0.1) is 0 Å². The molecular formula is C23H30N4O4. The van der Waals surface area contributed by atoms with E-state index in [-0.39, 0.29) is 23.8 Å². The van der Waals surface area contributed by atoms with Crippen molar-refractivity contribution in [3.05, 3.63) is 40.8 Å². The molecule has 3 aromatic rings. The summed E-state index contributed by atoms with van der Waals surface area (Å²) in [5.74, 6) is 0.716. The normalized spacial score (nSPS) is 15.7. The first-order chi connectivity index (χ1) is 14.6. The molecule has 4 rings (SSSR count). The Labute approximate surface area is 181 Å². The van der Waals surface area contributed by atoms with Gasteiger partial charge in [0, 0.05) is 31.4 Å². The number of piperidine rings is 1. The molecule has 1 saturated heterocycles. The van der Waals surface area contributed by atoms with Crippen molar-refractivity contribution >= 4 is 22.6 Å². The van der Waals surface area contributed by atoms with Crippen LogP contribution in [0.5, 0.6) is 5.75 Å². The van der Waals surface area contributed by atoms with E-state index in [1.54, 1.807) is 21.7 Å². The van der Waals surface area contributed by atoms with Crippen LogP contribution in [0.3, 0.4) is 0 Å². The lowest BCUT2D eigenvalue weighted by Crippen LogP contribution is -2.43. The van der Waals surface area contributed by atoms with Gasteiger partial charge in [-0.3, -0.25) is 9.36 Å². The number of likely N-dealkylation sites (tertiary alicyclic amines) is 1. The molecule has 1 fully saturated rings. The van der Waals surface area contributed by atoms with E-state index in [2.05, 4.69) is 5.10 Å². The number of hydrogen-bond donors (Lipinski definition) is 0. The van der Waals surface area contributed by atoms with Crippen molar-refractivity contribution in [3.63, 3.8) is 0 Å². The van der Waals surface area contributed by atoms with Gasteiger partial charge < -0.3 is 14.4 Å². The maximum atomic E-state index is 13.0. The van der Waals surface area contributed by atoms with Crippen molar-refractivity contribution in [3.8, 4) is 5.75 Å². The third-order valence-electron chi connectivity index (χ3n) is 5.33. The number of hydrogen-bond acceptors (Lipinski definition) is 5. The molecule has 2 aromatic heterocycles. The summed E-state index contributed by atoms with van der Waals surface area (Å²) in [6.07, 6.45) is 2.72. The Bertz CT molecular complexity index is 1160. The van der Waals surface area contributed by atoms with E-state index in [9.17, 15) is 9.59 Å². The van der Waals surface area contributed by atoms with Crippen LogP contribution < -0.4 is 10.3 Å². The molecule has 0 spiro atoms. The van der Waals surface area contributed by atoms with Gasteiger partial charge in [-0.05, 0) is 59.6 Å². The minimum atomic E-state index is -0.528. The van der Waals surface area contributed by atoms with Crippen LogP contribution in [-0.2, 0) is 4.74 Å². The predicted molar refractivity (Wildman–Crippen MR) is 119 cm³/mol. The van der Waals surface area contributed by atoms with Crippen molar-refractivity contribution < 1.29 is 14.3 Å². The number of nitrogens with zero attached hydrogens (tertiary/aromatic N) is 4. The molecule has 0 atom stereocenters. The molecule has 0 radical (unpaired) electrons. The van der Waals surface area contributed by atoms with Crippen molar-refractivity contribution in [2.75, 3.05) is 13.1 Å². The molecule has 1 aliphatic rings. The van der Waals surface area contributed by atoms with E-state index in [1.807, 2.05) is 57.4 Å². The SMILES string of the molecule is CC(C)Oc1cccc2nn3ccc(=O)n(C4CCN(C(=O)OC(C)(C)C)CC4)c3c12. The maximum absolute atomic E-state index is 13.0. The molecule has 8 nitrogen and oxygen atoms in total. The van der Waals surface area contributed by atoms with Gasteiger partial charge in [0.1, 0.15) is 11.4 Å². The second-order valence-electron chi connectivity index (χ2n) is 9.31. The summed E-state index contributed by atoms with van der Waals surface area (Å²) in [4.78, 5) is 27.1. The van der Waals surface area contributed by atoms with Crippen LogP contribution in [-0.4, -0.2) is 50.0 Å². The zero-order valence-corrected chi connectivity index (χ0v) is 18.8. The van der Waals surface area contributed by atoms with Crippen LogP contribution >= 0.6 is 0 Å². The minimum Gasteiger partial charge on any atom is -0.490 e. The Morgan fingerprint density at radius 2 is 1.87 bits per heavy atom. The summed E-state index contributed by atoms with van der Waals surface area (Å²) in [6, 6.07) is 7.25. The van der Waals surface area contributed by atoms with E-state index in [1.165, 1.54) is 0 Å². The summed E-state index contributed by atoms with van der Waals surface area (Å²) in [7, 11) is 0. The van der Waals surface area contributed by atoms with Crippen molar-refractivity contribution in [1.29, 1.82) is 0 Å². The zero-order valence-electron chi connectivity index (χ0n) is 18.8. The average Bonchev–Trinajstić information content (AvgIpc) is 3.06. The van der Waals surface area contributed by atoms with Gasteiger partial charge in [0.25, 0.3) is 5.56 Å². The third-order valence-corrected chi connectivity index (χ3v) is 5.33. The zero-order chi connectivity index (χ0) is 22.3. The molecule has 166 valence electrons. The number of rotatable bonds is 3. The van der Waals surface area contributed by atoms with Crippen LogP contribution in [0.2, 0.25) is 0 Å². The molecule has 0 unspecified atom stereocenters. The number of benzene rings is 1. The molecule has 0 N–H and O–H groups in total. The van der Waals surface area contributed by atoms with Gasteiger partial charge in [-0.1, -0.05) is 6.07 Å². The van der Waals surface area contributed by atoms with E-state index in [4.69, 9.17) is 9.47 Å². The summed E-state index contributed by atoms with van der Waals surface area (Å²) >= 11 is 0. The fraction of sp³-hybridized carbons (Fsp3) is 0.522. The molecule has 1 aromatic carbocycles. The van der Waals surface area contributed by atoms with Crippen molar-refractivity contribution in [2.24, 2.45) is 0 Å². The monoisotopic (exact) mass is 426 g/mol. The highest BCUT2D eigenvalue weighted by Crippen LogP contribution is 2.32. The van der Waals surface area contributed by atoms with Crippen LogP contribution in [0.15, 0.2) is 35.3 Å². The van der Waals surface area contributed by atoms with Gasteiger partial charge in [0.2, 0.25) is 0 Å². The predicted octanol–water partition coefficient (Wildman–Crippen LogP) is 4.01. The highest BCUT2D eigenvalue weighted by atomic mass is 16.6. The number of fused-ring (bicyclic) bond motifs is 3. The Balaban J connectivity index is 1.71. The molecule has 1 amide bonds. The van der Waals surface area contributed by atoms with Crippen LogP contribution in [0.25, 0.3) is 16.6 Å². The van der Waals surface area contributed by atoms with Crippen LogP contribution in [0.1, 0.15) is 53.5 Å². The molecule has 1 aliphatic heterocycles. The van der Waals surface area contributed by atoms with Crippen molar-refractivity contribution in [1.82, 2.24) is 19.1 Å². The Kier molecular flexibility index (Phi) is 5.41. The summed E-state index contributed by atoms with van der Waals surface area (Å²) in [5.41, 5.74) is 0.905. The van der Waals surface area contributed by atoms with Gasteiger partial charge in [-0.25, -0.2) is 9.31 Å². The van der Waals surface area contributed by atoms with E-state index < -0.39 is 5.60 Å². The number of aromatic nitrogens is 3. The lowest BCUT2D eigenvalue weighted by molar-refractivity contribution is 0.0188. The lowest BCUT2D eigenvalue weighted by Gasteiger charge is -2.34. The topological polar surface area (TPSA) is 78.1 Å². The number of ether oxygens (including phenoxy) is 2. The largest absolute Gasteiger partial charge is 0.490 e. The second kappa shape index (κ2) is 7.90. The first kappa shape index (κ1) is 21.2. The highest BCUT2D eigenvalue weighted by molar-refractivity contribution is 5.97. The van der Waals surface area contributed by atoms with Crippen LogP contribution in [0.4, 0.5) is 4.79 Å². The summed E-state index contributed by atoms with van der Waals surface area (Å²) < 4.78 is 15.1. The van der Waals surface area contributed by atoms with Crippen LogP contribution in [0, 0.1) is 0 Å².